The third-order valence-electron chi connectivity index (χ3n) is 5.07. The summed E-state index contributed by atoms with van der Waals surface area (Å²) in [6.07, 6.45) is 3.86. The number of dihydropyridines is 1. The zero-order valence-electron chi connectivity index (χ0n) is 16.5. The standard InChI is InChI=1S/C24H24N4/c1-17-20(18-10-12-19(13-11-18)28(2)3)15-25-16-21(17)22-8-6-9-24(27-22)23-7-4-5-14-26-23/h4-14,16,25H,15H2,1-3H3. The predicted octanol–water partition coefficient (Wildman–Crippen LogP) is 4.63. The van der Waals surface area contributed by atoms with Crippen molar-refractivity contribution in [2.24, 2.45) is 0 Å². The number of hydrogen-bond acceptors (Lipinski definition) is 4. The zero-order valence-corrected chi connectivity index (χ0v) is 16.5. The van der Waals surface area contributed by atoms with Gasteiger partial charge < -0.3 is 10.2 Å². The Hall–Kier alpha value is -3.40. The highest BCUT2D eigenvalue weighted by atomic mass is 15.1. The molecule has 4 rings (SSSR count). The Balaban J connectivity index is 1.70. The second-order valence-corrected chi connectivity index (χ2v) is 7.11. The molecular weight excluding hydrogens is 344 g/mol. The molecule has 4 heteroatoms. The van der Waals surface area contributed by atoms with Crippen molar-refractivity contribution in [3.05, 3.63) is 89.9 Å². The largest absolute Gasteiger partial charge is 0.386 e. The lowest BCUT2D eigenvalue weighted by atomic mass is 9.92. The molecule has 0 saturated carbocycles. The maximum absolute atomic E-state index is 4.87. The normalized spacial score (nSPS) is 13.8. The van der Waals surface area contributed by atoms with Crippen LogP contribution < -0.4 is 10.2 Å². The van der Waals surface area contributed by atoms with Crippen LogP contribution in [-0.2, 0) is 0 Å². The fourth-order valence-electron chi connectivity index (χ4n) is 3.45. The van der Waals surface area contributed by atoms with E-state index in [2.05, 4.69) is 72.8 Å². The molecule has 1 aliphatic rings. The summed E-state index contributed by atoms with van der Waals surface area (Å²) < 4.78 is 0. The number of nitrogens with one attached hydrogen (secondary N) is 1. The van der Waals surface area contributed by atoms with Crippen molar-refractivity contribution in [2.75, 3.05) is 25.5 Å². The summed E-state index contributed by atoms with van der Waals surface area (Å²) >= 11 is 0. The average molecular weight is 368 g/mol. The second kappa shape index (κ2) is 7.69. The molecule has 0 radical (unpaired) electrons. The number of anilines is 1. The Kier molecular flexibility index (Phi) is 4.94. The molecule has 140 valence electrons. The molecule has 0 spiro atoms. The first-order valence-electron chi connectivity index (χ1n) is 9.44. The molecule has 1 N–H and O–H groups in total. The quantitative estimate of drug-likeness (QED) is 0.729. The van der Waals surface area contributed by atoms with Crippen LogP contribution in [0.4, 0.5) is 5.69 Å². The summed E-state index contributed by atoms with van der Waals surface area (Å²) in [6.45, 7) is 2.99. The maximum Gasteiger partial charge on any atom is 0.0893 e. The fraction of sp³-hybridized carbons (Fsp3) is 0.167. The molecule has 0 amide bonds. The molecule has 0 aliphatic carbocycles. The lowest BCUT2D eigenvalue weighted by molar-refractivity contribution is 0.975. The van der Waals surface area contributed by atoms with E-state index >= 15 is 0 Å². The Morgan fingerprint density at radius 2 is 1.61 bits per heavy atom. The van der Waals surface area contributed by atoms with E-state index in [0.29, 0.717) is 0 Å². The number of pyridine rings is 2. The maximum atomic E-state index is 4.87. The Morgan fingerprint density at radius 1 is 0.857 bits per heavy atom. The molecule has 1 aromatic carbocycles. The second-order valence-electron chi connectivity index (χ2n) is 7.11. The summed E-state index contributed by atoms with van der Waals surface area (Å²) in [5.41, 5.74) is 8.83. The molecule has 4 nitrogen and oxygen atoms in total. The van der Waals surface area contributed by atoms with Crippen LogP contribution in [0.3, 0.4) is 0 Å². The van der Waals surface area contributed by atoms with Crippen LogP contribution in [0, 0.1) is 0 Å². The molecule has 0 saturated heterocycles. The Bertz CT molecular complexity index is 1030. The van der Waals surface area contributed by atoms with Gasteiger partial charge in [-0.2, -0.15) is 0 Å². The van der Waals surface area contributed by atoms with Gasteiger partial charge in [0, 0.05) is 44.3 Å². The Morgan fingerprint density at radius 3 is 2.32 bits per heavy atom. The van der Waals surface area contributed by atoms with E-state index < -0.39 is 0 Å². The summed E-state index contributed by atoms with van der Waals surface area (Å²) in [7, 11) is 4.12. The van der Waals surface area contributed by atoms with Crippen LogP contribution in [-0.4, -0.2) is 30.6 Å². The molecule has 0 fully saturated rings. The first-order valence-corrected chi connectivity index (χ1v) is 9.44. The number of allylic oxidation sites excluding steroid dienone is 2. The third kappa shape index (κ3) is 3.54. The molecule has 0 atom stereocenters. The smallest absolute Gasteiger partial charge is 0.0893 e. The first-order chi connectivity index (χ1) is 13.6. The van der Waals surface area contributed by atoms with E-state index in [4.69, 9.17) is 4.98 Å². The van der Waals surface area contributed by atoms with Crippen molar-refractivity contribution in [1.82, 2.24) is 15.3 Å². The molecule has 0 unspecified atom stereocenters. The van der Waals surface area contributed by atoms with Crippen molar-refractivity contribution in [1.29, 1.82) is 0 Å². The number of aromatic nitrogens is 2. The minimum atomic E-state index is 0.816. The van der Waals surface area contributed by atoms with Crippen LogP contribution in [0.25, 0.3) is 22.5 Å². The highest BCUT2D eigenvalue weighted by molar-refractivity contribution is 5.90. The van der Waals surface area contributed by atoms with Gasteiger partial charge in [0.1, 0.15) is 0 Å². The van der Waals surface area contributed by atoms with Gasteiger partial charge in [-0.1, -0.05) is 24.3 Å². The van der Waals surface area contributed by atoms with Gasteiger partial charge in [0.25, 0.3) is 0 Å². The van der Waals surface area contributed by atoms with E-state index in [9.17, 15) is 0 Å². The predicted molar refractivity (Wildman–Crippen MR) is 117 cm³/mol. The number of nitrogens with zero attached hydrogens (tertiary/aromatic N) is 3. The van der Waals surface area contributed by atoms with Crippen LogP contribution >= 0.6 is 0 Å². The fourth-order valence-corrected chi connectivity index (χ4v) is 3.45. The van der Waals surface area contributed by atoms with E-state index in [0.717, 1.165) is 29.2 Å². The van der Waals surface area contributed by atoms with E-state index in [1.54, 1.807) is 6.20 Å². The van der Waals surface area contributed by atoms with Gasteiger partial charge in [-0.15, -0.1) is 0 Å². The van der Waals surface area contributed by atoms with Gasteiger partial charge in [0.2, 0.25) is 0 Å². The van der Waals surface area contributed by atoms with Crippen molar-refractivity contribution < 1.29 is 0 Å². The summed E-state index contributed by atoms with van der Waals surface area (Å²) in [5.74, 6) is 0. The van der Waals surface area contributed by atoms with Crippen molar-refractivity contribution in [3.8, 4) is 11.4 Å². The van der Waals surface area contributed by atoms with E-state index in [1.807, 2.05) is 30.3 Å². The van der Waals surface area contributed by atoms with Gasteiger partial charge in [-0.3, -0.25) is 4.98 Å². The van der Waals surface area contributed by atoms with Gasteiger partial charge in [-0.25, -0.2) is 4.98 Å². The van der Waals surface area contributed by atoms with Gasteiger partial charge in [0.15, 0.2) is 0 Å². The van der Waals surface area contributed by atoms with Gasteiger partial charge in [-0.05, 0) is 60.0 Å². The topological polar surface area (TPSA) is 41.0 Å². The van der Waals surface area contributed by atoms with Gasteiger partial charge in [0.05, 0.1) is 17.1 Å². The highest BCUT2D eigenvalue weighted by Gasteiger charge is 2.17. The molecule has 2 aromatic heterocycles. The van der Waals surface area contributed by atoms with E-state index in [1.165, 1.54) is 22.4 Å². The van der Waals surface area contributed by atoms with Crippen molar-refractivity contribution >= 4 is 16.8 Å². The summed E-state index contributed by atoms with van der Waals surface area (Å²) in [4.78, 5) is 11.4. The minimum absolute atomic E-state index is 0.816. The van der Waals surface area contributed by atoms with E-state index in [-0.39, 0.29) is 0 Å². The van der Waals surface area contributed by atoms with Crippen LogP contribution in [0.15, 0.2) is 78.6 Å². The lowest BCUT2D eigenvalue weighted by Crippen LogP contribution is -2.17. The lowest BCUT2D eigenvalue weighted by Gasteiger charge is -2.22. The summed E-state index contributed by atoms with van der Waals surface area (Å²) in [5, 5.41) is 3.42. The summed E-state index contributed by atoms with van der Waals surface area (Å²) in [6, 6.07) is 20.7. The zero-order chi connectivity index (χ0) is 19.5. The average Bonchev–Trinajstić information content (AvgIpc) is 2.75. The van der Waals surface area contributed by atoms with Crippen molar-refractivity contribution in [3.63, 3.8) is 0 Å². The minimum Gasteiger partial charge on any atom is -0.386 e. The molecule has 1 aliphatic heterocycles. The van der Waals surface area contributed by atoms with Crippen LogP contribution in [0.5, 0.6) is 0 Å². The van der Waals surface area contributed by atoms with Crippen molar-refractivity contribution in [2.45, 2.75) is 6.92 Å². The number of rotatable bonds is 4. The molecule has 3 heterocycles. The Labute approximate surface area is 166 Å². The number of hydrogen-bond donors (Lipinski definition) is 1. The highest BCUT2D eigenvalue weighted by Crippen LogP contribution is 2.32. The number of benzene rings is 1. The van der Waals surface area contributed by atoms with Crippen LogP contribution in [0.2, 0.25) is 0 Å². The molecular formula is C24H24N4. The molecule has 3 aromatic rings. The monoisotopic (exact) mass is 368 g/mol. The molecule has 28 heavy (non-hydrogen) atoms. The molecule has 0 bridgehead atoms. The SMILES string of the molecule is CC1=C(c2ccc(N(C)C)cc2)CNC=C1c1cccc(-c2ccccn2)n1. The first kappa shape index (κ1) is 18.0. The van der Waals surface area contributed by atoms with Gasteiger partial charge >= 0.3 is 0 Å². The third-order valence-corrected chi connectivity index (χ3v) is 5.07. The van der Waals surface area contributed by atoms with Crippen LogP contribution in [0.1, 0.15) is 18.2 Å².